The number of hydrogen-bond acceptors (Lipinski definition) is 4. The Bertz CT molecular complexity index is 851. The van der Waals surface area contributed by atoms with Gasteiger partial charge < -0.3 is 14.9 Å². The number of anilines is 1. The molecule has 0 bridgehead atoms. The van der Waals surface area contributed by atoms with Crippen LogP contribution < -0.4 is 16.2 Å². The maximum atomic E-state index is 11.1. The highest BCUT2D eigenvalue weighted by atomic mass is 35.5. The monoisotopic (exact) mass is 290 g/mol. The summed E-state index contributed by atoms with van der Waals surface area (Å²) < 4.78 is 10.6. The van der Waals surface area contributed by atoms with Gasteiger partial charge in [-0.15, -0.1) is 0 Å². The molecular formula is C14H11ClN2O3. The van der Waals surface area contributed by atoms with E-state index in [1.807, 2.05) is 13.0 Å². The summed E-state index contributed by atoms with van der Waals surface area (Å²) in [5.74, 6) is 0.527. The Morgan fingerprint density at radius 3 is 2.85 bits per heavy atom. The minimum absolute atomic E-state index is 0.382. The Morgan fingerprint density at radius 1 is 1.30 bits per heavy atom. The highest BCUT2D eigenvalue weighted by molar-refractivity contribution is 6.31. The molecule has 0 saturated carbocycles. The average molecular weight is 291 g/mol. The van der Waals surface area contributed by atoms with Gasteiger partial charge in [0.25, 0.3) is 0 Å². The van der Waals surface area contributed by atoms with Gasteiger partial charge in [-0.1, -0.05) is 11.6 Å². The fourth-order valence-corrected chi connectivity index (χ4v) is 2.01. The summed E-state index contributed by atoms with van der Waals surface area (Å²) in [7, 11) is 0. The largest absolute Gasteiger partial charge is 0.455 e. The van der Waals surface area contributed by atoms with E-state index in [-0.39, 0.29) is 0 Å². The van der Waals surface area contributed by atoms with Crippen LogP contribution in [-0.2, 0) is 0 Å². The number of nitrogens with one attached hydrogen (secondary N) is 1. The van der Waals surface area contributed by atoms with Crippen LogP contribution in [0, 0.1) is 6.92 Å². The maximum absolute atomic E-state index is 11.1. The molecule has 0 aliphatic rings. The van der Waals surface area contributed by atoms with Crippen molar-refractivity contribution in [2.75, 3.05) is 5.73 Å². The number of benzene rings is 2. The molecule has 5 nitrogen and oxygen atoms in total. The van der Waals surface area contributed by atoms with Crippen molar-refractivity contribution >= 4 is 28.4 Å². The molecule has 2 aromatic carbocycles. The Kier molecular flexibility index (Phi) is 2.91. The summed E-state index contributed by atoms with van der Waals surface area (Å²) in [5.41, 5.74) is 8.10. The third-order valence-corrected chi connectivity index (χ3v) is 3.33. The lowest BCUT2D eigenvalue weighted by Crippen LogP contribution is -1.93. The number of H-pyrrole nitrogens is 1. The van der Waals surface area contributed by atoms with Gasteiger partial charge in [-0.3, -0.25) is 4.98 Å². The van der Waals surface area contributed by atoms with Crippen molar-refractivity contribution in [3.63, 3.8) is 0 Å². The zero-order valence-electron chi connectivity index (χ0n) is 10.6. The van der Waals surface area contributed by atoms with Crippen LogP contribution in [0.1, 0.15) is 5.56 Å². The van der Waals surface area contributed by atoms with Crippen LogP contribution >= 0.6 is 11.6 Å². The van der Waals surface area contributed by atoms with Gasteiger partial charge in [-0.25, -0.2) is 4.79 Å². The average Bonchev–Trinajstić information content (AvgIpc) is 2.73. The van der Waals surface area contributed by atoms with Crippen LogP contribution in [0.25, 0.3) is 11.1 Å². The van der Waals surface area contributed by atoms with Gasteiger partial charge in [0.05, 0.1) is 11.2 Å². The zero-order chi connectivity index (χ0) is 14.3. The van der Waals surface area contributed by atoms with E-state index in [9.17, 15) is 4.79 Å². The molecular weight excluding hydrogens is 280 g/mol. The van der Waals surface area contributed by atoms with Crippen molar-refractivity contribution in [2.24, 2.45) is 0 Å². The summed E-state index contributed by atoms with van der Waals surface area (Å²) in [6.45, 7) is 1.88. The van der Waals surface area contributed by atoms with Crippen LogP contribution in [0.2, 0.25) is 5.02 Å². The third-order valence-electron chi connectivity index (χ3n) is 2.91. The van der Waals surface area contributed by atoms with E-state index >= 15 is 0 Å². The predicted octanol–water partition coefficient (Wildman–Crippen LogP) is 3.46. The Hall–Kier alpha value is -2.40. The smallest absolute Gasteiger partial charge is 0.417 e. The quantitative estimate of drug-likeness (QED) is 0.708. The zero-order valence-corrected chi connectivity index (χ0v) is 11.3. The van der Waals surface area contributed by atoms with Gasteiger partial charge in [0.2, 0.25) is 0 Å². The van der Waals surface area contributed by atoms with E-state index in [4.69, 9.17) is 26.5 Å². The molecule has 102 valence electrons. The minimum Gasteiger partial charge on any atom is -0.455 e. The van der Waals surface area contributed by atoms with Crippen molar-refractivity contribution in [2.45, 2.75) is 6.92 Å². The molecule has 0 radical (unpaired) electrons. The highest BCUT2D eigenvalue weighted by Gasteiger charge is 2.09. The molecule has 1 heterocycles. The van der Waals surface area contributed by atoms with Gasteiger partial charge in [0.15, 0.2) is 11.3 Å². The summed E-state index contributed by atoms with van der Waals surface area (Å²) >= 11 is 5.96. The Morgan fingerprint density at radius 2 is 2.10 bits per heavy atom. The number of nitrogens with two attached hydrogens (primary N) is 1. The standard InChI is InChI=1S/C14H11ClN2O3/c1-7-4-8(2-3-9(7)15)19-12-6-11-13(5-10(12)16)20-14(18)17-11/h2-6H,16H2,1H3,(H,17,18). The molecule has 3 N–H and O–H groups in total. The van der Waals surface area contributed by atoms with Crippen LogP contribution in [0.3, 0.4) is 0 Å². The van der Waals surface area contributed by atoms with Gasteiger partial charge in [-0.05, 0) is 30.7 Å². The van der Waals surface area contributed by atoms with E-state index in [1.54, 1.807) is 24.3 Å². The lowest BCUT2D eigenvalue weighted by atomic mass is 10.2. The second kappa shape index (κ2) is 4.61. The number of aromatic nitrogens is 1. The third kappa shape index (κ3) is 2.23. The number of oxazole rings is 1. The van der Waals surface area contributed by atoms with Gasteiger partial charge in [0.1, 0.15) is 5.75 Å². The minimum atomic E-state index is -0.529. The molecule has 1 aromatic heterocycles. The first-order valence-corrected chi connectivity index (χ1v) is 6.27. The highest BCUT2D eigenvalue weighted by Crippen LogP contribution is 2.32. The fourth-order valence-electron chi connectivity index (χ4n) is 1.89. The number of ether oxygens (including phenoxy) is 1. The number of nitrogen functional groups attached to an aromatic ring is 1. The van der Waals surface area contributed by atoms with E-state index < -0.39 is 5.76 Å². The number of rotatable bonds is 2. The lowest BCUT2D eigenvalue weighted by Gasteiger charge is -2.09. The first kappa shape index (κ1) is 12.6. The second-order valence-corrected chi connectivity index (χ2v) is 4.82. The Balaban J connectivity index is 2.02. The molecule has 0 fully saturated rings. The van der Waals surface area contributed by atoms with Crippen molar-refractivity contribution in [1.82, 2.24) is 4.98 Å². The van der Waals surface area contributed by atoms with Crippen LogP contribution in [0.5, 0.6) is 11.5 Å². The van der Waals surface area contributed by atoms with Gasteiger partial charge in [0, 0.05) is 17.2 Å². The predicted molar refractivity (Wildman–Crippen MR) is 77.5 cm³/mol. The summed E-state index contributed by atoms with van der Waals surface area (Å²) in [6.07, 6.45) is 0. The Labute approximate surface area is 118 Å². The molecule has 0 aliphatic carbocycles. The SMILES string of the molecule is Cc1cc(Oc2cc3[nH]c(=O)oc3cc2N)ccc1Cl. The molecule has 0 spiro atoms. The number of aryl methyl sites for hydroxylation is 1. The van der Waals surface area contributed by atoms with Gasteiger partial charge in [-0.2, -0.15) is 0 Å². The van der Waals surface area contributed by atoms with E-state index in [0.29, 0.717) is 33.3 Å². The lowest BCUT2D eigenvalue weighted by molar-refractivity contribution is 0.485. The molecule has 0 amide bonds. The van der Waals surface area contributed by atoms with E-state index in [0.717, 1.165) is 5.56 Å². The number of halogens is 1. The first-order chi connectivity index (χ1) is 9.52. The normalized spacial score (nSPS) is 10.9. The summed E-state index contributed by atoms with van der Waals surface area (Å²) in [6, 6.07) is 8.48. The van der Waals surface area contributed by atoms with Crippen molar-refractivity contribution in [3.05, 3.63) is 51.5 Å². The molecule has 0 aliphatic heterocycles. The van der Waals surface area contributed by atoms with Crippen LogP contribution in [-0.4, -0.2) is 4.98 Å². The molecule has 0 unspecified atom stereocenters. The topological polar surface area (TPSA) is 81.2 Å². The fraction of sp³-hybridized carbons (Fsp3) is 0.0714. The van der Waals surface area contributed by atoms with Crippen molar-refractivity contribution in [1.29, 1.82) is 0 Å². The molecule has 6 heteroatoms. The number of hydrogen-bond donors (Lipinski definition) is 2. The van der Waals surface area contributed by atoms with E-state index in [1.165, 1.54) is 0 Å². The van der Waals surface area contributed by atoms with Crippen molar-refractivity contribution < 1.29 is 9.15 Å². The summed E-state index contributed by atoms with van der Waals surface area (Å²) in [5, 5.41) is 0.667. The van der Waals surface area contributed by atoms with Crippen LogP contribution in [0.4, 0.5) is 5.69 Å². The molecule has 0 saturated heterocycles. The van der Waals surface area contributed by atoms with Gasteiger partial charge >= 0.3 is 5.76 Å². The van der Waals surface area contributed by atoms with Crippen LogP contribution in [0.15, 0.2) is 39.5 Å². The maximum Gasteiger partial charge on any atom is 0.417 e. The molecule has 3 rings (SSSR count). The first-order valence-electron chi connectivity index (χ1n) is 5.89. The number of aromatic amines is 1. The molecule has 0 atom stereocenters. The van der Waals surface area contributed by atoms with E-state index in [2.05, 4.69) is 4.98 Å². The number of fused-ring (bicyclic) bond motifs is 1. The second-order valence-electron chi connectivity index (χ2n) is 4.41. The molecule has 3 aromatic rings. The van der Waals surface area contributed by atoms with Crippen molar-refractivity contribution in [3.8, 4) is 11.5 Å². The summed E-state index contributed by atoms with van der Waals surface area (Å²) in [4.78, 5) is 13.7. The molecule has 20 heavy (non-hydrogen) atoms.